The fourth-order valence-corrected chi connectivity index (χ4v) is 2.05. The first kappa shape index (κ1) is 11.7. The van der Waals surface area contributed by atoms with Gasteiger partial charge >= 0.3 is 0 Å². The molecule has 2 rings (SSSR count). The molecule has 0 amide bonds. The third-order valence-electron chi connectivity index (χ3n) is 2.29. The molecule has 0 spiro atoms. The molecule has 0 saturated heterocycles. The maximum Gasteiger partial charge on any atom is 0.222 e. The molecule has 5 heteroatoms. The summed E-state index contributed by atoms with van der Waals surface area (Å²) in [6.07, 6.45) is 4.19. The first-order valence-corrected chi connectivity index (χ1v) is 6.25. The van der Waals surface area contributed by atoms with Gasteiger partial charge in [-0.05, 0) is 5.56 Å². The number of rotatable bonds is 4. The molecular formula is C12H14N4S. The molecule has 0 unspecified atom stereocenters. The van der Waals surface area contributed by atoms with Crippen molar-refractivity contribution >= 4 is 23.8 Å². The Morgan fingerprint density at radius 2 is 2.06 bits per heavy atom. The maximum atomic E-state index is 5.59. The number of hydrogen-bond donors (Lipinski definition) is 1. The van der Waals surface area contributed by atoms with Gasteiger partial charge in [0.25, 0.3) is 0 Å². The third kappa shape index (κ3) is 3.10. The van der Waals surface area contributed by atoms with Gasteiger partial charge in [-0.1, -0.05) is 54.2 Å². The molecule has 0 aliphatic rings. The summed E-state index contributed by atoms with van der Waals surface area (Å²) >= 11 is 1.61. The number of anilines is 1. The normalized spacial score (nSPS) is 11.1. The number of hydrogen-bond acceptors (Lipinski definition) is 4. The summed E-state index contributed by atoms with van der Waals surface area (Å²) in [7, 11) is 1.86. The van der Waals surface area contributed by atoms with Crippen molar-refractivity contribution in [3.8, 4) is 0 Å². The zero-order chi connectivity index (χ0) is 12.1. The quantitative estimate of drug-likeness (QED) is 0.840. The van der Waals surface area contributed by atoms with Gasteiger partial charge in [-0.3, -0.25) is 4.57 Å². The zero-order valence-corrected chi connectivity index (χ0v) is 10.4. The van der Waals surface area contributed by atoms with E-state index in [4.69, 9.17) is 5.73 Å². The van der Waals surface area contributed by atoms with Gasteiger partial charge in [-0.15, -0.1) is 10.2 Å². The molecule has 0 radical (unpaired) electrons. The Hall–Kier alpha value is -1.75. The van der Waals surface area contributed by atoms with Crippen LogP contribution in [0.15, 0.2) is 41.6 Å². The Balaban J connectivity index is 1.88. The van der Waals surface area contributed by atoms with Crippen LogP contribution in [0.25, 0.3) is 6.08 Å². The van der Waals surface area contributed by atoms with E-state index in [1.807, 2.05) is 25.2 Å². The van der Waals surface area contributed by atoms with Crippen molar-refractivity contribution in [1.29, 1.82) is 0 Å². The molecule has 0 aliphatic carbocycles. The molecule has 1 aromatic heterocycles. The van der Waals surface area contributed by atoms with Gasteiger partial charge in [-0.25, -0.2) is 0 Å². The summed E-state index contributed by atoms with van der Waals surface area (Å²) in [5.41, 5.74) is 6.79. The van der Waals surface area contributed by atoms with Gasteiger partial charge in [-0.2, -0.15) is 0 Å². The molecule has 1 heterocycles. The number of nitrogens with two attached hydrogens (primary N) is 1. The molecule has 4 nitrogen and oxygen atoms in total. The molecule has 2 aromatic rings. The maximum absolute atomic E-state index is 5.59. The summed E-state index contributed by atoms with van der Waals surface area (Å²) in [5, 5.41) is 8.61. The standard InChI is InChI=1S/C12H14N4S/c1-16-11(13)14-15-12(16)17-9-5-8-10-6-3-2-4-7-10/h2-8H,9H2,1H3,(H2,13,14)/b8-5+. The highest BCUT2D eigenvalue weighted by molar-refractivity contribution is 7.99. The lowest BCUT2D eigenvalue weighted by atomic mass is 10.2. The number of benzene rings is 1. The van der Waals surface area contributed by atoms with Crippen molar-refractivity contribution in [2.45, 2.75) is 5.16 Å². The Morgan fingerprint density at radius 3 is 2.71 bits per heavy atom. The van der Waals surface area contributed by atoms with Crippen molar-refractivity contribution in [2.24, 2.45) is 7.05 Å². The van der Waals surface area contributed by atoms with E-state index >= 15 is 0 Å². The SMILES string of the molecule is Cn1c(N)nnc1SC/C=C/c1ccccc1. The van der Waals surface area contributed by atoms with Crippen molar-refractivity contribution in [2.75, 3.05) is 11.5 Å². The second-order valence-electron chi connectivity index (χ2n) is 3.52. The van der Waals surface area contributed by atoms with Crippen molar-refractivity contribution < 1.29 is 0 Å². The fraction of sp³-hybridized carbons (Fsp3) is 0.167. The van der Waals surface area contributed by atoms with E-state index in [0.717, 1.165) is 10.9 Å². The molecule has 0 fully saturated rings. The monoisotopic (exact) mass is 246 g/mol. The predicted octanol–water partition coefficient (Wildman–Crippen LogP) is 2.20. The number of nitrogens with zero attached hydrogens (tertiary/aromatic N) is 3. The van der Waals surface area contributed by atoms with Crippen LogP contribution in [0.4, 0.5) is 5.95 Å². The van der Waals surface area contributed by atoms with Gasteiger partial charge in [0, 0.05) is 12.8 Å². The first-order chi connectivity index (χ1) is 8.27. The second kappa shape index (κ2) is 5.54. The highest BCUT2D eigenvalue weighted by Crippen LogP contribution is 2.16. The smallest absolute Gasteiger partial charge is 0.222 e. The molecule has 17 heavy (non-hydrogen) atoms. The van der Waals surface area contributed by atoms with Crippen LogP contribution in [0.3, 0.4) is 0 Å². The largest absolute Gasteiger partial charge is 0.368 e. The molecule has 0 atom stereocenters. The Bertz CT molecular complexity index is 504. The number of thioether (sulfide) groups is 1. The van der Waals surface area contributed by atoms with E-state index in [-0.39, 0.29) is 0 Å². The average Bonchev–Trinajstić information content (AvgIpc) is 2.67. The van der Waals surface area contributed by atoms with Crippen LogP contribution in [-0.4, -0.2) is 20.5 Å². The molecule has 0 saturated carbocycles. The highest BCUT2D eigenvalue weighted by Gasteiger charge is 2.03. The van der Waals surface area contributed by atoms with Crippen molar-refractivity contribution in [1.82, 2.24) is 14.8 Å². The minimum Gasteiger partial charge on any atom is -0.368 e. The topological polar surface area (TPSA) is 56.7 Å². The minimum absolute atomic E-state index is 0.444. The Labute approximate surface area is 105 Å². The van der Waals surface area contributed by atoms with Gasteiger partial charge in [0.2, 0.25) is 5.95 Å². The Morgan fingerprint density at radius 1 is 1.29 bits per heavy atom. The lowest BCUT2D eigenvalue weighted by Gasteiger charge is -1.97. The van der Waals surface area contributed by atoms with Crippen molar-refractivity contribution in [3.05, 3.63) is 42.0 Å². The van der Waals surface area contributed by atoms with Crippen LogP contribution in [-0.2, 0) is 7.05 Å². The summed E-state index contributed by atoms with van der Waals surface area (Å²) in [4.78, 5) is 0. The average molecular weight is 246 g/mol. The van der Waals surface area contributed by atoms with Gasteiger partial charge < -0.3 is 5.73 Å². The van der Waals surface area contributed by atoms with E-state index in [2.05, 4.69) is 34.5 Å². The van der Waals surface area contributed by atoms with Crippen LogP contribution >= 0.6 is 11.8 Å². The van der Waals surface area contributed by atoms with Crippen LogP contribution in [0, 0.1) is 0 Å². The number of nitrogen functional groups attached to an aromatic ring is 1. The Kier molecular flexibility index (Phi) is 3.82. The highest BCUT2D eigenvalue weighted by atomic mass is 32.2. The molecule has 2 N–H and O–H groups in total. The fourth-order valence-electron chi connectivity index (χ4n) is 1.32. The van der Waals surface area contributed by atoms with Crippen molar-refractivity contribution in [3.63, 3.8) is 0 Å². The lowest BCUT2D eigenvalue weighted by Crippen LogP contribution is -1.97. The molecule has 0 bridgehead atoms. The van der Waals surface area contributed by atoms with E-state index in [9.17, 15) is 0 Å². The van der Waals surface area contributed by atoms with E-state index in [1.165, 1.54) is 5.56 Å². The molecule has 1 aromatic carbocycles. The first-order valence-electron chi connectivity index (χ1n) is 5.26. The zero-order valence-electron chi connectivity index (χ0n) is 9.58. The summed E-state index contributed by atoms with van der Waals surface area (Å²) in [5.74, 6) is 1.29. The molecule has 88 valence electrons. The van der Waals surface area contributed by atoms with E-state index < -0.39 is 0 Å². The van der Waals surface area contributed by atoms with Crippen LogP contribution in [0.2, 0.25) is 0 Å². The minimum atomic E-state index is 0.444. The molecular weight excluding hydrogens is 232 g/mol. The summed E-state index contributed by atoms with van der Waals surface area (Å²) in [6, 6.07) is 10.2. The van der Waals surface area contributed by atoms with Crippen LogP contribution < -0.4 is 5.73 Å². The van der Waals surface area contributed by atoms with Gasteiger partial charge in [0.1, 0.15) is 0 Å². The number of aromatic nitrogens is 3. The van der Waals surface area contributed by atoms with Crippen LogP contribution in [0.5, 0.6) is 0 Å². The third-order valence-corrected chi connectivity index (χ3v) is 3.26. The summed E-state index contributed by atoms with van der Waals surface area (Å²) in [6.45, 7) is 0. The molecule has 0 aliphatic heterocycles. The van der Waals surface area contributed by atoms with Crippen LogP contribution in [0.1, 0.15) is 5.56 Å². The van der Waals surface area contributed by atoms with E-state index in [0.29, 0.717) is 5.95 Å². The van der Waals surface area contributed by atoms with Gasteiger partial charge in [0.15, 0.2) is 5.16 Å². The summed E-state index contributed by atoms with van der Waals surface area (Å²) < 4.78 is 1.78. The second-order valence-corrected chi connectivity index (χ2v) is 4.51. The predicted molar refractivity (Wildman–Crippen MR) is 71.6 cm³/mol. The lowest BCUT2D eigenvalue weighted by molar-refractivity contribution is 0.797. The van der Waals surface area contributed by atoms with Gasteiger partial charge in [0.05, 0.1) is 0 Å². The van der Waals surface area contributed by atoms with E-state index in [1.54, 1.807) is 16.3 Å².